The molecule has 0 aliphatic heterocycles. The van der Waals surface area contributed by atoms with Crippen LogP contribution >= 0.6 is 0 Å². The minimum Gasteiger partial charge on any atom is -0.459 e. The second kappa shape index (κ2) is 9.23. The average molecular weight is 306 g/mol. The van der Waals surface area contributed by atoms with E-state index in [-0.39, 0.29) is 5.97 Å². The highest BCUT2D eigenvalue weighted by molar-refractivity contribution is 5.89. The van der Waals surface area contributed by atoms with Crippen molar-refractivity contribution in [2.45, 2.75) is 65.6 Å². The molecule has 4 heteroatoms. The normalized spacial score (nSPS) is 13.3. The van der Waals surface area contributed by atoms with E-state index >= 15 is 0 Å². The summed E-state index contributed by atoms with van der Waals surface area (Å²) in [6.07, 6.45) is 2.15. The first-order valence-corrected chi connectivity index (χ1v) is 7.97. The molecular formula is C18H26O4. The molecule has 0 fully saturated rings. The van der Waals surface area contributed by atoms with Crippen LogP contribution in [0.4, 0.5) is 0 Å². The number of unbranched alkanes of at least 4 members (excludes halogenated alkanes) is 1. The molecule has 1 rings (SSSR count). The van der Waals surface area contributed by atoms with Gasteiger partial charge in [0.25, 0.3) is 0 Å². The van der Waals surface area contributed by atoms with E-state index in [1.807, 2.05) is 19.1 Å². The van der Waals surface area contributed by atoms with Gasteiger partial charge in [0.05, 0.1) is 5.56 Å². The highest BCUT2D eigenvalue weighted by Gasteiger charge is 2.21. The molecule has 0 aromatic heterocycles. The molecule has 1 aromatic rings. The molecule has 0 saturated heterocycles. The van der Waals surface area contributed by atoms with Crippen LogP contribution in [0.15, 0.2) is 24.3 Å². The maximum atomic E-state index is 12.1. The minimum absolute atomic E-state index is 0.246. The number of rotatable bonds is 8. The van der Waals surface area contributed by atoms with Crippen LogP contribution in [0.2, 0.25) is 0 Å². The zero-order valence-corrected chi connectivity index (χ0v) is 13.9. The van der Waals surface area contributed by atoms with Crippen molar-refractivity contribution in [3.63, 3.8) is 0 Å². The van der Waals surface area contributed by atoms with Gasteiger partial charge in [-0.05, 0) is 44.4 Å². The fraction of sp³-hybridized carbons (Fsp3) is 0.556. The largest absolute Gasteiger partial charge is 0.459 e. The molecule has 0 saturated carbocycles. The molecule has 22 heavy (non-hydrogen) atoms. The molecule has 4 nitrogen and oxygen atoms in total. The molecule has 1 aromatic carbocycles. The van der Waals surface area contributed by atoms with E-state index in [1.54, 1.807) is 26.0 Å². The predicted molar refractivity (Wildman–Crippen MR) is 85.8 cm³/mol. The van der Waals surface area contributed by atoms with Crippen molar-refractivity contribution in [2.75, 3.05) is 0 Å². The number of hydrogen-bond donors (Lipinski definition) is 0. The monoisotopic (exact) mass is 306 g/mol. The molecule has 0 heterocycles. The molecular weight excluding hydrogens is 280 g/mol. The van der Waals surface area contributed by atoms with Crippen molar-refractivity contribution in [3.8, 4) is 0 Å². The van der Waals surface area contributed by atoms with Crippen LogP contribution in [0.25, 0.3) is 0 Å². The Labute approximate surface area is 132 Å². The third-order valence-corrected chi connectivity index (χ3v) is 3.60. The fourth-order valence-corrected chi connectivity index (χ4v) is 1.89. The summed E-state index contributed by atoms with van der Waals surface area (Å²) in [5, 5.41) is 0. The molecule has 2 unspecified atom stereocenters. The molecule has 0 aliphatic carbocycles. The summed E-state index contributed by atoms with van der Waals surface area (Å²) in [5.74, 6) is -0.642. The highest BCUT2D eigenvalue weighted by atomic mass is 16.6. The van der Waals surface area contributed by atoms with Gasteiger partial charge in [0.1, 0.15) is 12.2 Å². The van der Waals surface area contributed by atoms with E-state index < -0.39 is 18.2 Å². The average Bonchev–Trinajstić information content (AvgIpc) is 2.52. The highest BCUT2D eigenvalue weighted by Crippen LogP contribution is 2.11. The van der Waals surface area contributed by atoms with Gasteiger partial charge >= 0.3 is 11.9 Å². The summed E-state index contributed by atoms with van der Waals surface area (Å²) in [6.45, 7) is 7.55. The van der Waals surface area contributed by atoms with Gasteiger partial charge in [-0.2, -0.15) is 0 Å². The number of carbonyl (C=O) groups is 2. The molecule has 2 atom stereocenters. The lowest BCUT2D eigenvalue weighted by Gasteiger charge is -2.21. The quantitative estimate of drug-likeness (QED) is 0.683. The summed E-state index contributed by atoms with van der Waals surface area (Å²) in [5.41, 5.74) is 1.68. The first kappa shape index (κ1) is 18.2. The van der Waals surface area contributed by atoms with Crippen molar-refractivity contribution in [2.24, 2.45) is 0 Å². The summed E-state index contributed by atoms with van der Waals surface area (Å²) >= 11 is 0. The maximum Gasteiger partial charge on any atom is 0.338 e. The Balaban J connectivity index is 2.49. The third kappa shape index (κ3) is 5.88. The number of aryl methyl sites for hydroxylation is 1. The number of ether oxygens (including phenoxy) is 2. The molecule has 0 N–H and O–H groups in total. The van der Waals surface area contributed by atoms with Gasteiger partial charge in [-0.25, -0.2) is 4.79 Å². The number of hydrogen-bond acceptors (Lipinski definition) is 4. The maximum absolute atomic E-state index is 12.1. The van der Waals surface area contributed by atoms with E-state index in [4.69, 9.17) is 9.47 Å². The van der Waals surface area contributed by atoms with E-state index in [0.29, 0.717) is 12.0 Å². The van der Waals surface area contributed by atoms with Crippen LogP contribution in [0.1, 0.15) is 62.9 Å². The lowest BCUT2D eigenvalue weighted by atomic mass is 10.1. The third-order valence-electron chi connectivity index (χ3n) is 3.60. The standard InChI is InChI=1S/C18H26O4/c1-5-7-8-17(19)21-13(3)14(4)22-18(20)16-11-9-15(6-2)10-12-16/h9-14H,5-8H2,1-4H3. The molecule has 122 valence electrons. The molecule has 0 spiro atoms. The number of carbonyl (C=O) groups excluding carboxylic acids is 2. The summed E-state index contributed by atoms with van der Waals surface area (Å²) in [4.78, 5) is 23.6. The van der Waals surface area contributed by atoms with Crippen molar-refractivity contribution in [1.29, 1.82) is 0 Å². The molecule has 0 bridgehead atoms. The Morgan fingerprint density at radius 1 is 1.00 bits per heavy atom. The predicted octanol–water partition coefficient (Wildman–Crippen LogP) is 3.92. The van der Waals surface area contributed by atoms with Crippen molar-refractivity contribution < 1.29 is 19.1 Å². The zero-order chi connectivity index (χ0) is 16.5. The number of benzene rings is 1. The first-order chi connectivity index (χ1) is 10.5. The van der Waals surface area contributed by atoms with Gasteiger partial charge in [-0.3, -0.25) is 4.79 Å². The van der Waals surface area contributed by atoms with E-state index in [1.165, 1.54) is 5.56 Å². The lowest BCUT2D eigenvalue weighted by molar-refractivity contribution is -0.153. The Morgan fingerprint density at radius 3 is 2.14 bits per heavy atom. The van der Waals surface area contributed by atoms with E-state index in [2.05, 4.69) is 6.92 Å². The summed E-state index contributed by atoms with van der Waals surface area (Å²) in [7, 11) is 0. The first-order valence-electron chi connectivity index (χ1n) is 7.97. The second-order valence-corrected chi connectivity index (χ2v) is 5.46. The van der Waals surface area contributed by atoms with Gasteiger partial charge in [-0.1, -0.05) is 32.4 Å². The Hall–Kier alpha value is -1.84. The zero-order valence-electron chi connectivity index (χ0n) is 13.9. The lowest BCUT2D eigenvalue weighted by Crippen LogP contribution is -2.30. The Kier molecular flexibility index (Phi) is 7.64. The Morgan fingerprint density at radius 2 is 1.59 bits per heavy atom. The van der Waals surface area contributed by atoms with Crippen molar-refractivity contribution in [1.82, 2.24) is 0 Å². The van der Waals surface area contributed by atoms with Crippen LogP contribution in [-0.2, 0) is 20.7 Å². The van der Waals surface area contributed by atoms with Crippen LogP contribution in [-0.4, -0.2) is 24.1 Å². The van der Waals surface area contributed by atoms with Gasteiger partial charge in [-0.15, -0.1) is 0 Å². The van der Waals surface area contributed by atoms with Crippen LogP contribution in [0.5, 0.6) is 0 Å². The van der Waals surface area contributed by atoms with Crippen molar-refractivity contribution in [3.05, 3.63) is 35.4 Å². The van der Waals surface area contributed by atoms with E-state index in [9.17, 15) is 9.59 Å². The second-order valence-electron chi connectivity index (χ2n) is 5.46. The fourth-order valence-electron chi connectivity index (χ4n) is 1.89. The summed E-state index contributed by atoms with van der Waals surface area (Å²) < 4.78 is 10.6. The molecule has 0 amide bonds. The van der Waals surface area contributed by atoms with Gasteiger partial charge in [0, 0.05) is 6.42 Å². The number of esters is 2. The van der Waals surface area contributed by atoms with Crippen LogP contribution in [0, 0.1) is 0 Å². The van der Waals surface area contributed by atoms with Gasteiger partial charge < -0.3 is 9.47 Å². The topological polar surface area (TPSA) is 52.6 Å². The summed E-state index contributed by atoms with van der Waals surface area (Å²) in [6, 6.07) is 7.34. The molecule has 0 radical (unpaired) electrons. The minimum atomic E-state index is -0.482. The van der Waals surface area contributed by atoms with Gasteiger partial charge in [0.2, 0.25) is 0 Å². The van der Waals surface area contributed by atoms with Crippen LogP contribution < -0.4 is 0 Å². The smallest absolute Gasteiger partial charge is 0.338 e. The SMILES string of the molecule is CCCCC(=O)OC(C)C(C)OC(=O)c1ccc(CC)cc1. The Bertz CT molecular complexity index is 478. The van der Waals surface area contributed by atoms with Crippen molar-refractivity contribution >= 4 is 11.9 Å². The van der Waals surface area contributed by atoms with E-state index in [0.717, 1.165) is 19.3 Å². The van der Waals surface area contributed by atoms with Gasteiger partial charge in [0.15, 0.2) is 0 Å². The molecule has 0 aliphatic rings. The van der Waals surface area contributed by atoms with Crippen LogP contribution in [0.3, 0.4) is 0 Å².